The predicted octanol–water partition coefficient (Wildman–Crippen LogP) is 5.96. The van der Waals surface area contributed by atoms with Gasteiger partial charge < -0.3 is 29.2 Å². The summed E-state index contributed by atoms with van der Waals surface area (Å²) in [6.07, 6.45) is 2.73. The van der Waals surface area contributed by atoms with Crippen molar-refractivity contribution in [3.63, 3.8) is 0 Å². The molecule has 2 heterocycles. The van der Waals surface area contributed by atoms with Gasteiger partial charge in [-0.25, -0.2) is 4.79 Å². The van der Waals surface area contributed by atoms with Gasteiger partial charge in [-0.2, -0.15) is 0 Å². The summed E-state index contributed by atoms with van der Waals surface area (Å²) in [5.74, 6) is 1.00. The molecule has 1 aromatic heterocycles. The highest BCUT2D eigenvalue weighted by Crippen LogP contribution is 2.45. The molecule has 8 nitrogen and oxygen atoms in total. The number of ether oxygens (including phenoxy) is 4. The SMILES string of the molecule is CC(C)[C@@H](C)OC(=O)Nc1ccc(-c2c(N)c3cc(OC4COCOC4)ccc3n2C2CCC2)cc1. The van der Waals surface area contributed by atoms with Crippen molar-refractivity contribution < 1.29 is 23.7 Å². The van der Waals surface area contributed by atoms with Gasteiger partial charge in [-0.15, -0.1) is 0 Å². The monoisotopic (exact) mass is 493 g/mol. The van der Waals surface area contributed by atoms with Crippen LogP contribution in [0.25, 0.3) is 22.2 Å². The first-order valence-corrected chi connectivity index (χ1v) is 12.7. The van der Waals surface area contributed by atoms with E-state index in [0.29, 0.717) is 31.7 Å². The molecule has 2 aromatic carbocycles. The van der Waals surface area contributed by atoms with Gasteiger partial charge in [0.15, 0.2) is 0 Å². The average Bonchev–Trinajstić information content (AvgIpc) is 3.10. The summed E-state index contributed by atoms with van der Waals surface area (Å²) < 4.78 is 24.6. The molecule has 0 radical (unpaired) electrons. The zero-order valence-electron chi connectivity index (χ0n) is 21.2. The molecule has 1 saturated carbocycles. The van der Waals surface area contributed by atoms with Gasteiger partial charge in [-0.1, -0.05) is 26.0 Å². The molecule has 3 aromatic rings. The quantitative estimate of drug-likeness (QED) is 0.422. The van der Waals surface area contributed by atoms with E-state index < -0.39 is 6.09 Å². The maximum atomic E-state index is 12.2. The van der Waals surface area contributed by atoms with Crippen LogP contribution >= 0.6 is 0 Å². The molecule has 1 amide bonds. The number of rotatable bonds is 7. The Morgan fingerprint density at radius 3 is 2.44 bits per heavy atom. The van der Waals surface area contributed by atoms with Crippen molar-refractivity contribution in [3.8, 4) is 17.0 Å². The predicted molar refractivity (Wildman–Crippen MR) is 140 cm³/mol. The highest BCUT2D eigenvalue weighted by atomic mass is 16.7. The molecule has 0 spiro atoms. The highest BCUT2D eigenvalue weighted by molar-refractivity contribution is 6.02. The second-order valence-electron chi connectivity index (χ2n) is 10.1. The summed E-state index contributed by atoms with van der Waals surface area (Å²) in [4.78, 5) is 12.2. The minimum absolute atomic E-state index is 0.138. The first-order chi connectivity index (χ1) is 17.4. The van der Waals surface area contributed by atoms with Crippen LogP contribution in [-0.2, 0) is 14.2 Å². The van der Waals surface area contributed by atoms with Gasteiger partial charge in [-0.3, -0.25) is 5.32 Å². The second kappa shape index (κ2) is 10.4. The number of nitrogens with zero attached hydrogens (tertiary/aromatic N) is 1. The summed E-state index contributed by atoms with van der Waals surface area (Å²) in [5, 5.41) is 3.79. The third-order valence-corrected chi connectivity index (χ3v) is 7.17. The van der Waals surface area contributed by atoms with Gasteiger partial charge in [0, 0.05) is 22.7 Å². The van der Waals surface area contributed by atoms with E-state index in [4.69, 9.17) is 24.7 Å². The van der Waals surface area contributed by atoms with Gasteiger partial charge in [0.2, 0.25) is 0 Å². The number of anilines is 2. The van der Waals surface area contributed by atoms with Gasteiger partial charge in [0.25, 0.3) is 0 Å². The van der Waals surface area contributed by atoms with Crippen molar-refractivity contribution in [3.05, 3.63) is 42.5 Å². The lowest BCUT2D eigenvalue weighted by Gasteiger charge is -2.30. The smallest absolute Gasteiger partial charge is 0.411 e. The lowest BCUT2D eigenvalue weighted by atomic mass is 9.92. The van der Waals surface area contributed by atoms with E-state index >= 15 is 0 Å². The summed E-state index contributed by atoms with van der Waals surface area (Å²) >= 11 is 0. The third kappa shape index (κ3) is 5.01. The molecular weight excluding hydrogens is 458 g/mol. The van der Waals surface area contributed by atoms with Crippen molar-refractivity contribution in [2.24, 2.45) is 5.92 Å². The van der Waals surface area contributed by atoms with Crippen LogP contribution in [0.2, 0.25) is 0 Å². The largest absolute Gasteiger partial charge is 0.486 e. The number of aromatic nitrogens is 1. The minimum atomic E-state index is -0.451. The highest BCUT2D eigenvalue weighted by Gasteiger charge is 2.27. The molecule has 2 fully saturated rings. The van der Waals surface area contributed by atoms with Gasteiger partial charge in [0.1, 0.15) is 24.8 Å². The Hall–Kier alpha value is -3.23. The maximum Gasteiger partial charge on any atom is 0.411 e. The Kier molecular flexibility index (Phi) is 7.07. The van der Waals surface area contributed by atoms with Gasteiger partial charge in [-0.05, 0) is 62.4 Å². The Balaban J connectivity index is 1.42. The van der Waals surface area contributed by atoms with Crippen LogP contribution in [0.15, 0.2) is 42.5 Å². The Labute approximate surface area is 211 Å². The average molecular weight is 494 g/mol. The first kappa shape index (κ1) is 24.5. The van der Waals surface area contributed by atoms with Crippen molar-refractivity contribution in [1.29, 1.82) is 0 Å². The number of hydrogen-bond donors (Lipinski definition) is 2. The fraction of sp³-hybridized carbons (Fsp3) is 0.464. The zero-order chi connectivity index (χ0) is 25.2. The molecular formula is C28H35N3O5. The molecule has 1 aliphatic carbocycles. The van der Waals surface area contributed by atoms with Crippen molar-refractivity contribution in [1.82, 2.24) is 4.57 Å². The zero-order valence-corrected chi connectivity index (χ0v) is 21.2. The number of nitrogens with two attached hydrogens (primary N) is 1. The maximum absolute atomic E-state index is 12.2. The molecule has 1 atom stereocenters. The Morgan fingerprint density at radius 2 is 1.81 bits per heavy atom. The van der Waals surface area contributed by atoms with E-state index in [1.165, 1.54) is 6.42 Å². The van der Waals surface area contributed by atoms with Crippen molar-refractivity contribution >= 4 is 28.4 Å². The summed E-state index contributed by atoms with van der Waals surface area (Å²) in [6.45, 7) is 7.26. The topological polar surface area (TPSA) is 97.0 Å². The van der Waals surface area contributed by atoms with E-state index in [2.05, 4.69) is 16.0 Å². The molecule has 5 rings (SSSR count). The van der Waals surface area contributed by atoms with E-state index in [1.54, 1.807) is 0 Å². The Bertz CT molecular complexity index is 1210. The number of benzene rings is 2. The van der Waals surface area contributed by atoms with Crippen LogP contribution in [-0.4, -0.2) is 42.9 Å². The molecule has 1 aliphatic heterocycles. The molecule has 2 aliphatic rings. The first-order valence-electron chi connectivity index (χ1n) is 12.7. The molecule has 36 heavy (non-hydrogen) atoms. The molecule has 0 bridgehead atoms. The fourth-order valence-electron chi connectivity index (χ4n) is 4.60. The van der Waals surface area contributed by atoms with E-state index in [0.717, 1.165) is 46.4 Å². The lowest BCUT2D eigenvalue weighted by molar-refractivity contribution is -0.143. The number of hydrogen-bond acceptors (Lipinski definition) is 6. The van der Waals surface area contributed by atoms with Crippen LogP contribution < -0.4 is 15.8 Å². The standard InChI is InChI=1S/C28H35N3O5/c1-17(2)18(3)35-28(32)30-20-9-7-19(8-10-20)27-26(29)24-13-22(36-23-14-33-16-34-15-23)11-12-25(24)31(27)21-5-4-6-21/h7-13,17-18,21,23H,4-6,14-16,29H2,1-3H3,(H,30,32)/t18-/m1/s1. The molecule has 8 heteroatoms. The normalized spacial score (nSPS) is 17.7. The van der Waals surface area contributed by atoms with Crippen LogP contribution in [0.3, 0.4) is 0 Å². The van der Waals surface area contributed by atoms with Crippen molar-refractivity contribution in [2.75, 3.05) is 31.1 Å². The van der Waals surface area contributed by atoms with E-state index in [-0.39, 0.29) is 18.1 Å². The fourth-order valence-corrected chi connectivity index (χ4v) is 4.60. The van der Waals surface area contributed by atoms with Crippen LogP contribution in [0.4, 0.5) is 16.2 Å². The summed E-state index contributed by atoms with van der Waals surface area (Å²) in [7, 11) is 0. The molecule has 192 valence electrons. The van der Waals surface area contributed by atoms with Gasteiger partial charge >= 0.3 is 6.09 Å². The minimum Gasteiger partial charge on any atom is -0.486 e. The van der Waals surface area contributed by atoms with Crippen molar-refractivity contribution in [2.45, 2.75) is 58.3 Å². The van der Waals surface area contributed by atoms with Crippen LogP contribution in [0, 0.1) is 5.92 Å². The lowest BCUT2D eigenvalue weighted by Crippen LogP contribution is -2.33. The van der Waals surface area contributed by atoms with E-state index in [9.17, 15) is 4.79 Å². The summed E-state index contributed by atoms with van der Waals surface area (Å²) in [6, 6.07) is 14.3. The molecule has 3 N–H and O–H groups in total. The summed E-state index contributed by atoms with van der Waals surface area (Å²) in [5.41, 5.74) is 11.3. The number of amides is 1. The molecule has 1 saturated heterocycles. The number of fused-ring (bicyclic) bond motifs is 1. The Morgan fingerprint density at radius 1 is 1.08 bits per heavy atom. The van der Waals surface area contributed by atoms with E-state index in [1.807, 2.05) is 57.2 Å². The third-order valence-electron chi connectivity index (χ3n) is 7.17. The second-order valence-corrected chi connectivity index (χ2v) is 10.1. The van der Waals surface area contributed by atoms with Gasteiger partial charge in [0.05, 0.1) is 30.1 Å². The number of carbonyl (C=O) groups excluding carboxylic acids is 1. The van der Waals surface area contributed by atoms with Crippen LogP contribution in [0.1, 0.15) is 46.1 Å². The molecule has 0 unspecified atom stereocenters. The van der Waals surface area contributed by atoms with Crippen LogP contribution in [0.5, 0.6) is 5.75 Å². The number of carbonyl (C=O) groups is 1. The number of nitrogen functional groups attached to an aromatic ring is 1. The number of nitrogens with one attached hydrogen (secondary N) is 1.